The molecule has 0 spiro atoms. The van der Waals surface area contributed by atoms with Crippen molar-refractivity contribution in [2.24, 2.45) is 11.1 Å². The molecule has 2 heteroatoms. The van der Waals surface area contributed by atoms with Crippen LogP contribution in [0.5, 0.6) is 0 Å². The Bertz CT molecular complexity index is 117. The van der Waals surface area contributed by atoms with Gasteiger partial charge in [0.05, 0.1) is 0 Å². The van der Waals surface area contributed by atoms with Crippen molar-refractivity contribution in [1.29, 1.82) is 0 Å². The minimum absolute atomic E-state index is 0.670. The zero-order chi connectivity index (χ0) is 7.73. The second-order valence-electron chi connectivity index (χ2n) is 4.13. The molecule has 2 N–H and O–H groups in total. The fraction of sp³-hybridized carbons (Fsp3) is 1.00. The van der Waals surface area contributed by atoms with Crippen LogP contribution in [0.25, 0.3) is 0 Å². The third-order valence-corrected chi connectivity index (χ3v) is 3.55. The molecular formula is C9H18N2. The molecule has 0 amide bonds. The Morgan fingerprint density at radius 1 is 1.09 bits per heavy atom. The predicted octanol–water partition coefficient (Wildman–Crippen LogP) is 0.821. The van der Waals surface area contributed by atoms with Gasteiger partial charge in [-0.1, -0.05) is 0 Å². The van der Waals surface area contributed by atoms with Crippen LogP contribution < -0.4 is 5.73 Å². The van der Waals surface area contributed by atoms with Crippen LogP contribution in [-0.4, -0.2) is 31.1 Å². The van der Waals surface area contributed by atoms with E-state index in [1.54, 1.807) is 0 Å². The van der Waals surface area contributed by atoms with Crippen molar-refractivity contribution in [3.63, 3.8) is 0 Å². The van der Waals surface area contributed by atoms with Crippen LogP contribution >= 0.6 is 0 Å². The van der Waals surface area contributed by atoms with Crippen LogP contribution in [0.2, 0.25) is 0 Å². The minimum atomic E-state index is 0.670. The molecular weight excluding hydrogens is 136 g/mol. The first-order valence-electron chi connectivity index (χ1n) is 4.77. The largest absolute Gasteiger partial charge is 0.330 e. The van der Waals surface area contributed by atoms with Gasteiger partial charge in [-0.3, -0.25) is 0 Å². The van der Waals surface area contributed by atoms with Crippen molar-refractivity contribution in [1.82, 2.24) is 4.90 Å². The van der Waals surface area contributed by atoms with Gasteiger partial charge in [0.1, 0.15) is 0 Å². The molecule has 0 saturated carbocycles. The Kier molecular flexibility index (Phi) is 1.90. The van der Waals surface area contributed by atoms with E-state index in [1.807, 2.05) is 0 Å². The summed E-state index contributed by atoms with van der Waals surface area (Å²) >= 11 is 0. The first-order valence-corrected chi connectivity index (χ1v) is 4.77. The molecule has 11 heavy (non-hydrogen) atoms. The number of hydrogen-bond acceptors (Lipinski definition) is 2. The Hall–Kier alpha value is -0.0800. The zero-order valence-electron chi connectivity index (χ0n) is 7.18. The van der Waals surface area contributed by atoms with Crippen molar-refractivity contribution >= 4 is 0 Å². The number of fused-ring (bicyclic) bond motifs is 3. The molecule has 3 aliphatic heterocycles. The van der Waals surface area contributed by atoms with E-state index in [0.717, 1.165) is 6.54 Å². The average Bonchev–Trinajstić information content (AvgIpc) is 2.07. The summed E-state index contributed by atoms with van der Waals surface area (Å²) in [5.74, 6) is 0. The fourth-order valence-electron chi connectivity index (χ4n) is 2.58. The highest BCUT2D eigenvalue weighted by Crippen LogP contribution is 2.42. The number of nitrogens with zero attached hydrogens (tertiary/aromatic N) is 1. The van der Waals surface area contributed by atoms with Gasteiger partial charge < -0.3 is 10.6 Å². The number of nitrogens with two attached hydrogens (primary N) is 1. The molecule has 3 aliphatic rings. The summed E-state index contributed by atoms with van der Waals surface area (Å²) in [5, 5.41) is 0. The molecule has 3 fully saturated rings. The van der Waals surface area contributed by atoms with Crippen LogP contribution in [0, 0.1) is 5.41 Å². The SMILES string of the molecule is NCCC12CCN(CC1)CC2. The summed E-state index contributed by atoms with van der Waals surface area (Å²) in [6.45, 7) is 4.89. The van der Waals surface area contributed by atoms with Crippen molar-refractivity contribution < 1.29 is 0 Å². The lowest BCUT2D eigenvalue weighted by Crippen LogP contribution is -2.48. The third kappa shape index (κ3) is 1.30. The summed E-state index contributed by atoms with van der Waals surface area (Å²) in [6, 6.07) is 0. The number of piperidine rings is 3. The van der Waals surface area contributed by atoms with Gasteiger partial charge in [0.15, 0.2) is 0 Å². The Morgan fingerprint density at radius 3 is 2.09 bits per heavy atom. The summed E-state index contributed by atoms with van der Waals surface area (Å²) in [5.41, 5.74) is 6.29. The van der Waals surface area contributed by atoms with Gasteiger partial charge in [-0.25, -0.2) is 0 Å². The van der Waals surface area contributed by atoms with Gasteiger partial charge >= 0.3 is 0 Å². The topological polar surface area (TPSA) is 29.3 Å². The summed E-state index contributed by atoms with van der Waals surface area (Å²) in [6.07, 6.45) is 5.49. The smallest absolute Gasteiger partial charge is 0.00134 e. The lowest BCUT2D eigenvalue weighted by Gasteiger charge is -2.48. The maximum absolute atomic E-state index is 5.62. The van der Waals surface area contributed by atoms with E-state index in [0.29, 0.717) is 5.41 Å². The quantitative estimate of drug-likeness (QED) is 0.638. The van der Waals surface area contributed by atoms with E-state index >= 15 is 0 Å². The van der Waals surface area contributed by atoms with Crippen molar-refractivity contribution in [3.8, 4) is 0 Å². The van der Waals surface area contributed by atoms with E-state index in [4.69, 9.17) is 5.73 Å². The van der Waals surface area contributed by atoms with Gasteiger partial charge in [-0.15, -0.1) is 0 Å². The molecule has 0 unspecified atom stereocenters. The van der Waals surface area contributed by atoms with Crippen molar-refractivity contribution in [3.05, 3.63) is 0 Å². The standard InChI is InChI=1S/C9H18N2/c10-5-1-9-2-6-11(7-3-9)8-4-9/h1-8,10H2. The van der Waals surface area contributed by atoms with E-state index < -0.39 is 0 Å². The van der Waals surface area contributed by atoms with Gasteiger partial charge in [0.25, 0.3) is 0 Å². The molecule has 0 aromatic heterocycles. The third-order valence-electron chi connectivity index (χ3n) is 3.55. The molecule has 64 valence electrons. The summed E-state index contributed by atoms with van der Waals surface area (Å²) < 4.78 is 0. The van der Waals surface area contributed by atoms with E-state index in [1.165, 1.54) is 45.3 Å². The molecule has 3 rings (SSSR count). The lowest BCUT2D eigenvalue weighted by molar-refractivity contribution is 0.0218. The summed E-state index contributed by atoms with van der Waals surface area (Å²) in [4.78, 5) is 2.58. The molecule has 0 atom stereocenters. The van der Waals surface area contributed by atoms with Crippen LogP contribution in [0.1, 0.15) is 25.7 Å². The Labute approximate surface area is 68.7 Å². The number of rotatable bonds is 2. The first kappa shape index (κ1) is 7.56. The van der Waals surface area contributed by atoms with Gasteiger partial charge in [0, 0.05) is 0 Å². The maximum Gasteiger partial charge on any atom is -0.00134 e. The molecule has 2 nitrogen and oxygen atoms in total. The van der Waals surface area contributed by atoms with Crippen molar-refractivity contribution in [2.75, 3.05) is 26.2 Å². The van der Waals surface area contributed by atoms with E-state index in [2.05, 4.69) is 4.90 Å². The summed E-state index contributed by atoms with van der Waals surface area (Å²) in [7, 11) is 0. The molecule has 2 bridgehead atoms. The Balaban J connectivity index is 2.00. The highest BCUT2D eigenvalue weighted by Gasteiger charge is 2.38. The second-order valence-corrected chi connectivity index (χ2v) is 4.13. The van der Waals surface area contributed by atoms with Crippen LogP contribution in [-0.2, 0) is 0 Å². The molecule has 0 aromatic carbocycles. The first-order chi connectivity index (χ1) is 5.35. The van der Waals surface area contributed by atoms with Crippen LogP contribution in [0.3, 0.4) is 0 Å². The van der Waals surface area contributed by atoms with E-state index in [9.17, 15) is 0 Å². The fourth-order valence-corrected chi connectivity index (χ4v) is 2.58. The zero-order valence-corrected chi connectivity index (χ0v) is 7.18. The predicted molar refractivity (Wildman–Crippen MR) is 46.4 cm³/mol. The normalized spacial score (nSPS) is 42.8. The molecule has 3 saturated heterocycles. The number of hydrogen-bond donors (Lipinski definition) is 1. The monoisotopic (exact) mass is 154 g/mol. The van der Waals surface area contributed by atoms with E-state index in [-0.39, 0.29) is 0 Å². The molecule has 0 radical (unpaired) electrons. The highest BCUT2D eigenvalue weighted by molar-refractivity contribution is 4.91. The van der Waals surface area contributed by atoms with Crippen LogP contribution in [0.15, 0.2) is 0 Å². The van der Waals surface area contributed by atoms with Gasteiger partial charge in [-0.2, -0.15) is 0 Å². The van der Waals surface area contributed by atoms with Crippen LogP contribution in [0.4, 0.5) is 0 Å². The van der Waals surface area contributed by atoms with Crippen molar-refractivity contribution in [2.45, 2.75) is 25.7 Å². The average molecular weight is 154 g/mol. The lowest BCUT2D eigenvalue weighted by atomic mass is 9.70. The minimum Gasteiger partial charge on any atom is -0.330 e. The second kappa shape index (κ2) is 2.76. The molecule has 3 heterocycles. The van der Waals surface area contributed by atoms with Gasteiger partial charge in [0.2, 0.25) is 0 Å². The highest BCUT2D eigenvalue weighted by atomic mass is 15.1. The Morgan fingerprint density at radius 2 is 1.64 bits per heavy atom. The van der Waals surface area contributed by atoms with Gasteiger partial charge in [-0.05, 0) is 57.3 Å². The molecule has 0 aliphatic carbocycles. The molecule has 0 aromatic rings. The maximum atomic E-state index is 5.62.